The number of para-hydroxylation sites is 2. The minimum Gasteiger partial charge on any atom is -0.391 e. The van der Waals surface area contributed by atoms with E-state index >= 15 is 0 Å². The SMILES string of the molecule is CC(C(=O)N1CC[C@@H](O)C1)n1cnc2ccccc21. The van der Waals surface area contributed by atoms with Gasteiger partial charge in [0.15, 0.2) is 0 Å². The molecule has 3 rings (SSSR count). The molecule has 1 saturated heterocycles. The van der Waals surface area contributed by atoms with Crippen molar-refractivity contribution in [1.82, 2.24) is 14.5 Å². The summed E-state index contributed by atoms with van der Waals surface area (Å²) in [7, 11) is 0. The first-order valence-corrected chi connectivity index (χ1v) is 6.55. The van der Waals surface area contributed by atoms with Gasteiger partial charge in [-0.3, -0.25) is 4.79 Å². The van der Waals surface area contributed by atoms with E-state index in [1.54, 1.807) is 11.2 Å². The highest BCUT2D eigenvalue weighted by molar-refractivity contribution is 5.83. The van der Waals surface area contributed by atoms with E-state index in [0.717, 1.165) is 11.0 Å². The number of β-amino-alcohol motifs (C(OH)–C–C–N with tert-alkyl or cyclic N) is 1. The Morgan fingerprint density at radius 3 is 3.00 bits per heavy atom. The van der Waals surface area contributed by atoms with Crippen molar-refractivity contribution in [3.05, 3.63) is 30.6 Å². The van der Waals surface area contributed by atoms with Crippen molar-refractivity contribution in [3.63, 3.8) is 0 Å². The smallest absolute Gasteiger partial charge is 0.245 e. The number of rotatable bonds is 2. The fourth-order valence-electron chi connectivity index (χ4n) is 2.61. The molecular weight excluding hydrogens is 242 g/mol. The van der Waals surface area contributed by atoms with Crippen molar-refractivity contribution >= 4 is 16.9 Å². The molecule has 5 nitrogen and oxygen atoms in total. The molecular formula is C14H17N3O2. The summed E-state index contributed by atoms with van der Waals surface area (Å²) in [5.41, 5.74) is 1.85. The van der Waals surface area contributed by atoms with Gasteiger partial charge in [0.25, 0.3) is 0 Å². The summed E-state index contributed by atoms with van der Waals surface area (Å²) in [6.07, 6.45) is 2.00. The number of likely N-dealkylation sites (tertiary alicyclic amines) is 1. The molecule has 2 aromatic rings. The lowest BCUT2D eigenvalue weighted by atomic mass is 10.2. The van der Waals surface area contributed by atoms with Crippen LogP contribution >= 0.6 is 0 Å². The third kappa shape index (κ3) is 2.10. The minimum atomic E-state index is -0.379. The van der Waals surface area contributed by atoms with Crippen molar-refractivity contribution in [1.29, 1.82) is 0 Å². The van der Waals surface area contributed by atoms with E-state index in [-0.39, 0.29) is 18.1 Å². The minimum absolute atomic E-state index is 0.0414. The lowest BCUT2D eigenvalue weighted by molar-refractivity contribution is -0.133. The van der Waals surface area contributed by atoms with Crippen LogP contribution in [0.2, 0.25) is 0 Å². The zero-order valence-corrected chi connectivity index (χ0v) is 10.9. The van der Waals surface area contributed by atoms with Crippen LogP contribution in [0.5, 0.6) is 0 Å². The highest BCUT2D eigenvalue weighted by atomic mass is 16.3. The second-order valence-corrected chi connectivity index (χ2v) is 5.04. The lowest BCUT2D eigenvalue weighted by Crippen LogP contribution is -2.35. The molecule has 1 aromatic heterocycles. The molecule has 1 unspecified atom stereocenters. The van der Waals surface area contributed by atoms with Crippen LogP contribution in [0.25, 0.3) is 11.0 Å². The normalized spacial score (nSPS) is 20.9. The number of aromatic nitrogens is 2. The molecule has 2 heterocycles. The van der Waals surface area contributed by atoms with E-state index in [4.69, 9.17) is 0 Å². The Morgan fingerprint density at radius 1 is 1.47 bits per heavy atom. The summed E-state index contributed by atoms with van der Waals surface area (Å²) < 4.78 is 1.89. The summed E-state index contributed by atoms with van der Waals surface area (Å²) in [5, 5.41) is 9.52. The Bertz CT molecular complexity index is 608. The van der Waals surface area contributed by atoms with Gasteiger partial charge >= 0.3 is 0 Å². The second-order valence-electron chi connectivity index (χ2n) is 5.04. The summed E-state index contributed by atoms with van der Waals surface area (Å²) in [4.78, 5) is 18.4. The quantitative estimate of drug-likeness (QED) is 0.881. The van der Waals surface area contributed by atoms with Crippen LogP contribution in [-0.2, 0) is 4.79 Å². The molecule has 0 radical (unpaired) electrons. The van der Waals surface area contributed by atoms with Crippen LogP contribution in [-0.4, -0.2) is 44.7 Å². The number of benzene rings is 1. The third-order valence-corrected chi connectivity index (χ3v) is 3.73. The Balaban J connectivity index is 1.87. The van der Waals surface area contributed by atoms with Crippen LogP contribution < -0.4 is 0 Å². The molecule has 0 saturated carbocycles. The van der Waals surface area contributed by atoms with Crippen LogP contribution in [0.1, 0.15) is 19.4 Å². The van der Waals surface area contributed by atoms with Crippen molar-refractivity contribution < 1.29 is 9.90 Å². The van der Waals surface area contributed by atoms with E-state index in [1.807, 2.05) is 35.8 Å². The molecule has 1 fully saturated rings. The molecule has 1 aromatic carbocycles. The Morgan fingerprint density at radius 2 is 2.26 bits per heavy atom. The number of aliphatic hydroxyl groups is 1. The molecule has 1 amide bonds. The van der Waals surface area contributed by atoms with E-state index in [2.05, 4.69) is 4.98 Å². The summed E-state index contributed by atoms with van der Waals surface area (Å²) in [6.45, 7) is 2.95. The number of hydrogen-bond acceptors (Lipinski definition) is 3. The van der Waals surface area contributed by atoms with Gasteiger partial charge in [-0.2, -0.15) is 0 Å². The molecule has 100 valence electrons. The predicted octanol–water partition coefficient (Wildman–Crippen LogP) is 1.19. The molecule has 0 spiro atoms. The summed E-state index contributed by atoms with van der Waals surface area (Å²) in [6, 6.07) is 7.48. The average Bonchev–Trinajstić information content (AvgIpc) is 3.03. The van der Waals surface area contributed by atoms with Gasteiger partial charge in [0.2, 0.25) is 5.91 Å². The van der Waals surface area contributed by atoms with Gasteiger partial charge in [-0.25, -0.2) is 4.98 Å². The Hall–Kier alpha value is -1.88. The molecule has 1 aliphatic rings. The topological polar surface area (TPSA) is 58.4 Å². The van der Waals surface area contributed by atoms with Crippen molar-refractivity contribution in [2.45, 2.75) is 25.5 Å². The van der Waals surface area contributed by atoms with Crippen molar-refractivity contribution in [3.8, 4) is 0 Å². The molecule has 0 bridgehead atoms. The van der Waals surface area contributed by atoms with Crippen LogP contribution in [0, 0.1) is 0 Å². The zero-order valence-electron chi connectivity index (χ0n) is 10.9. The number of carbonyl (C=O) groups is 1. The first-order valence-electron chi connectivity index (χ1n) is 6.55. The maximum atomic E-state index is 12.4. The molecule has 2 atom stereocenters. The number of amides is 1. The van der Waals surface area contributed by atoms with E-state index in [9.17, 15) is 9.90 Å². The highest BCUT2D eigenvalue weighted by Crippen LogP contribution is 2.21. The number of imidazole rings is 1. The largest absolute Gasteiger partial charge is 0.391 e. The summed E-state index contributed by atoms with van der Waals surface area (Å²) in [5.74, 6) is 0.0414. The fourth-order valence-corrected chi connectivity index (χ4v) is 2.61. The number of fused-ring (bicyclic) bond motifs is 1. The van der Waals surface area contributed by atoms with E-state index < -0.39 is 0 Å². The summed E-state index contributed by atoms with van der Waals surface area (Å²) >= 11 is 0. The Labute approximate surface area is 111 Å². The maximum Gasteiger partial charge on any atom is 0.245 e. The molecule has 19 heavy (non-hydrogen) atoms. The lowest BCUT2D eigenvalue weighted by Gasteiger charge is -2.21. The van der Waals surface area contributed by atoms with Gasteiger partial charge < -0.3 is 14.6 Å². The second kappa shape index (κ2) is 4.66. The number of hydrogen-bond donors (Lipinski definition) is 1. The van der Waals surface area contributed by atoms with E-state index in [0.29, 0.717) is 19.5 Å². The van der Waals surface area contributed by atoms with Crippen molar-refractivity contribution in [2.75, 3.05) is 13.1 Å². The van der Waals surface area contributed by atoms with Crippen LogP contribution in [0.3, 0.4) is 0 Å². The molecule has 1 aliphatic heterocycles. The van der Waals surface area contributed by atoms with Gasteiger partial charge in [-0.15, -0.1) is 0 Å². The standard InChI is InChI=1S/C14H17N3O2/c1-10(14(19)16-7-6-11(18)8-16)17-9-15-12-4-2-3-5-13(12)17/h2-5,9-11,18H,6-8H2,1H3/t10?,11-/m1/s1. The number of carbonyl (C=O) groups excluding carboxylic acids is 1. The van der Waals surface area contributed by atoms with Gasteiger partial charge in [0.1, 0.15) is 6.04 Å². The van der Waals surface area contributed by atoms with Crippen LogP contribution in [0.15, 0.2) is 30.6 Å². The fraction of sp³-hybridized carbons (Fsp3) is 0.429. The zero-order chi connectivity index (χ0) is 13.4. The van der Waals surface area contributed by atoms with Crippen LogP contribution in [0.4, 0.5) is 0 Å². The first-order chi connectivity index (χ1) is 9.16. The van der Waals surface area contributed by atoms with Crippen molar-refractivity contribution in [2.24, 2.45) is 0 Å². The van der Waals surface area contributed by atoms with Gasteiger partial charge in [-0.1, -0.05) is 12.1 Å². The number of nitrogens with zero attached hydrogens (tertiary/aromatic N) is 3. The third-order valence-electron chi connectivity index (χ3n) is 3.73. The monoisotopic (exact) mass is 259 g/mol. The Kier molecular flexibility index (Phi) is 2.98. The molecule has 0 aliphatic carbocycles. The average molecular weight is 259 g/mol. The predicted molar refractivity (Wildman–Crippen MR) is 71.6 cm³/mol. The maximum absolute atomic E-state index is 12.4. The van der Waals surface area contributed by atoms with E-state index in [1.165, 1.54) is 0 Å². The van der Waals surface area contributed by atoms with Gasteiger partial charge in [0.05, 0.1) is 23.5 Å². The van der Waals surface area contributed by atoms with Gasteiger partial charge in [0, 0.05) is 13.1 Å². The van der Waals surface area contributed by atoms with Gasteiger partial charge in [-0.05, 0) is 25.5 Å². The molecule has 1 N–H and O–H groups in total. The molecule has 5 heteroatoms. The number of aliphatic hydroxyl groups excluding tert-OH is 1. The highest BCUT2D eigenvalue weighted by Gasteiger charge is 2.29. The first kappa shape index (κ1) is 12.2.